The molecular formula is C17H19FN6O6S2. The zero-order chi connectivity index (χ0) is 23.0. The monoisotopic (exact) mass is 486 g/mol. The Kier molecular flexibility index (Phi) is 6.30. The second kappa shape index (κ2) is 8.86. The third-order valence-corrected chi connectivity index (χ3v) is 6.23. The quantitative estimate of drug-likeness (QED) is 0.320. The van der Waals surface area contributed by atoms with E-state index in [2.05, 4.69) is 19.2 Å². The standard InChI is InChI=1S/C17H19FN6O6S2/c18-9-3-1-2-8(4-9)6-31-16-11-14(19)21-7-22-15(11)24(23-16)17-13(26)12(25)10(30-17)5-29-32(20,27)28/h1-4,7,10,12-13,17,25-26H,5-6H2,(H2,19,21,22)(H2,20,27,28)/t10-,12-,13-,17-/m1/s1. The smallest absolute Gasteiger partial charge is 0.333 e. The first-order chi connectivity index (χ1) is 15.1. The van der Waals surface area contributed by atoms with Crippen LogP contribution in [0, 0.1) is 5.82 Å². The van der Waals surface area contributed by atoms with Crippen molar-refractivity contribution in [3.8, 4) is 0 Å². The molecule has 1 saturated heterocycles. The van der Waals surface area contributed by atoms with E-state index in [4.69, 9.17) is 15.6 Å². The van der Waals surface area contributed by atoms with Crippen molar-refractivity contribution < 1.29 is 31.9 Å². The van der Waals surface area contributed by atoms with E-state index in [1.165, 1.54) is 34.9 Å². The molecule has 172 valence electrons. The fourth-order valence-corrected chi connectivity index (χ4v) is 4.54. The van der Waals surface area contributed by atoms with Crippen LogP contribution in [0.15, 0.2) is 35.6 Å². The van der Waals surface area contributed by atoms with E-state index in [1.807, 2.05) is 0 Å². The summed E-state index contributed by atoms with van der Waals surface area (Å²) in [6.45, 7) is -0.606. The van der Waals surface area contributed by atoms with Gasteiger partial charge in [-0.15, -0.1) is 0 Å². The summed E-state index contributed by atoms with van der Waals surface area (Å²) in [5.41, 5.74) is 6.95. The number of nitrogens with zero attached hydrogens (tertiary/aromatic N) is 4. The van der Waals surface area contributed by atoms with E-state index >= 15 is 0 Å². The Morgan fingerprint density at radius 3 is 2.78 bits per heavy atom. The van der Waals surface area contributed by atoms with Crippen LogP contribution in [-0.2, 0) is 25.0 Å². The summed E-state index contributed by atoms with van der Waals surface area (Å²) < 4.78 is 46.8. The molecule has 3 heterocycles. The van der Waals surface area contributed by atoms with Gasteiger partial charge in [0.1, 0.15) is 41.3 Å². The first-order valence-electron chi connectivity index (χ1n) is 9.18. The summed E-state index contributed by atoms with van der Waals surface area (Å²) in [5, 5.41) is 30.8. The minimum atomic E-state index is -4.27. The fraction of sp³-hybridized carbons (Fsp3) is 0.353. The second-order valence-corrected chi connectivity index (χ2v) is 9.13. The Balaban J connectivity index is 1.63. The van der Waals surface area contributed by atoms with Crippen molar-refractivity contribution >= 4 is 38.9 Å². The number of benzene rings is 1. The topological polar surface area (TPSA) is 189 Å². The third kappa shape index (κ3) is 4.68. The number of aliphatic hydroxyl groups is 2. The Morgan fingerprint density at radius 2 is 2.06 bits per heavy atom. The molecule has 0 radical (unpaired) electrons. The van der Waals surface area contributed by atoms with Gasteiger partial charge in [-0.2, -0.15) is 13.5 Å². The number of anilines is 1. The van der Waals surface area contributed by atoms with E-state index in [1.54, 1.807) is 12.1 Å². The van der Waals surface area contributed by atoms with Crippen molar-refractivity contribution in [2.75, 3.05) is 12.3 Å². The molecule has 2 aromatic heterocycles. The highest BCUT2D eigenvalue weighted by atomic mass is 32.2. The molecule has 32 heavy (non-hydrogen) atoms. The van der Waals surface area contributed by atoms with Crippen molar-refractivity contribution in [2.45, 2.75) is 35.3 Å². The lowest BCUT2D eigenvalue weighted by molar-refractivity contribution is -0.0531. The van der Waals surface area contributed by atoms with Crippen molar-refractivity contribution in [3.63, 3.8) is 0 Å². The van der Waals surface area contributed by atoms with Gasteiger partial charge in [-0.1, -0.05) is 23.9 Å². The molecule has 0 aliphatic carbocycles. The molecular weight excluding hydrogens is 467 g/mol. The number of thioether (sulfide) groups is 1. The highest BCUT2D eigenvalue weighted by Crippen LogP contribution is 2.37. The summed E-state index contributed by atoms with van der Waals surface area (Å²) in [6, 6.07) is 6.07. The number of ether oxygens (including phenoxy) is 1. The summed E-state index contributed by atoms with van der Waals surface area (Å²) in [7, 11) is -4.27. The lowest BCUT2D eigenvalue weighted by atomic mass is 10.1. The number of hydrogen-bond donors (Lipinski definition) is 4. The highest BCUT2D eigenvalue weighted by molar-refractivity contribution is 7.98. The number of rotatable bonds is 7. The van der Waals surface area contributed by atoms with Gasteiger partial charge in [0.25, 0.3) is 0 Å². The number of fused-ring (bicyclic) bond motifs is 1. The van der Waals surface area contributed by atoms with E-state index in [0.717, 1.165) is 0 Å². The summed E-state index contributed by atoms with van der Waals surface area (Å²) >= 11 is 1.24. The molecule has 1 aliphatic heterocycles. The fourth-order valence-electron chi connectivity index (χ4n) is 3.25. The Labute approximate surface area is 185 Å². The Bertz CT molecular complexity index is 1240. The Hall–Kier alpha value is -2.40. The molecule has 6 N–H and O–H groups in total. The lowest BCUT2D eigenvalue weighted by Crippen LogP contribution is -2.35. The number of halogens is 1. The molecule has 3 aromatic rings. The summed E-state index contributed by atoms with van der Waals surface area (Å²) in [4.78, 5) is 8.13. The van der Waals surface area contributed by atoms with Crippen LogP contribution < -0.4 is 10.9 Å². The van der Waals surface area contributed by atoms with Crippen molar-refractivity contribution in [3.05, 3.63) is 42.0 Å². The maximum absolute atomic E-state index is 13.5. The highest BCUT2D eigenvalue weighted by Gasteiger charge is 2.45. The summed E-state index contributed by atoms with van der Waals surface area (Å²) in [6.07, 6.45) is -4.18. The molecule has 1 fully saturated rings. The first-order valence-corrected chi connectivity index (χ1v) is 11.6. The molecule has 1 aliphatic rings. The van der Waals surface area contributed by atoms with E-state index < -0.39 is 41.5 Å². The van der Waals surface area contributed by atoms with Gasteiger partial charge in [-0.05, 0) is 17.7 Å². The van der Waals surface area contributed by atoms with Crippen LogP contribution in [0.5, 0.6) is 0 Å². The zero-order valence-corrected chi connectivity index (χ0v) is 17.9. The van der Waals surface area contributed by atoms with Gasteiger partial charge < -0.3 is 20.7 Å². The summed E-state index contributed by atoms with van der Waals surface area (Å²) in [5.74, 6) is 0.121. The first kappa shape index (κ1) is 22.8. The lowest BCUT2D eigenvalue weighted by Gasteiger charge is -2.15. The number of aromatic nitrogens is 4. The van der Waals surface area contributed by atoms with Crippen LogP contribution in [0.2, 0.25) is 0 Å². The van der Waals surface area contributed by atoms with Crippen LogP contribution in [0.3, 0.4) is 0 Å². The Morgan fingerprint density at radius 1 is 1.28 bits per heavy atom. The molecule has 4 atom stereocenters. The van der Waals surface area contributed by atoms with Crippen LogP contribution in [0.25, 0.3) is 11.0 Å². The molecule has 1 aromatic carbocycles. The van der Waals surface area contributed by atoms with Gasteiger partial charge in [0.2, 0.25) is 0 Å². The molecule has 12 nitrogen and oxygen atoms in total. The largest absolute Gasteiger partial charge is 0.387 e. The third-order valence-electron chi connectivity index (χ3n) is 4.73. The minimum Gasteiger partial charge on any atom is -0.387 e. The molecule has 0 unspecified atom stereocenters. The van der Waals surface area contributed by atoms with E-state index in [0.29, 0.717) is 21.7 Å². The molecule has 0 bridgehead atoms. The molecule has 0 amide bonds. The van der Waals surface area contributed by atoms with Crippen LogP contribution in [-0.4, -0.2) is 63.3 Å². The molecule has 0 saturated carbocycles. The number of hydrogen-bond acceptors (Lipinski definition) is 11. The SMILES string of the molecule is Nc1ncnc2c1c(SCc1cccc(F)c1)nn2[C@@H]1O[C@H](COS(N)(=O)=O)[C@@H](O)[C@H]1O. The van der Waals surface area contributed by atoms with Crippen LogP contribution in [0.4, 0.5) is 10.2 Å². The maximum Gasteiger partial charge on any atom is 0.333 e. The van der Waals surface area contributed by atoms with E-state index in [9.17, 15) is 23.0 Å². The maximum atomic E-state index is 13.5. The van der Waals surface area contributed by atoms with Gasteiger partial charge in [0, 0.05) is 5.75 Å². The van der Waals surface area contributed by atoms with Gasteiger partial charge in [0.15, 0.2) is 11.9 Å². The van der Waals surface area contributed by atoms with Gasteiger partial charge in [-0.3, -0.25) is 4.18 Å². The van der Waals surface area contributed by atoms with Gasteiger partial charge in [-0.25, -0.2) is 24.2 Å². The average molecular weight is 487 g/mol. The van der Waals surface area contributed by atoms with Gasteiger partial charge >= 0.3 is 10.3 Å². The molecule has 0 spiro atoms. The van der Waals surface area contributed by atoms with E-state index in [-0.39, 0.29) is 17.3 Å². The minimum absolute atomic E-state index is 0.130. The van der Waals surface area contributed by atoms with Crippen LogP contribution in [0.1, 0.15) is 11.8 Å². The molecule has 15 heteroatoms. The van der Waals surface area contributed by atoms with Crippen molar-refractivity contribution in [1.29, 1.82) is 0 Å². The predicted molar refractivity (Wildman–Crippen MR) is 111 cm³/mol. The normalized spacial score (nSPS) is 23.8. The average Bonchev–Trinajstić information content (AvgIpc) is 3.23. The van der Waals surface area contributed by atoms with Crippen molar-refractivity contribution in [1.82, 2.24) is 19.7 Å². The number of aliphatic hydroxyl groups excluding tert-OH is 2. The van der Waals surface area contributed by atoms with Crippen LogP contribution >= 0.6 is 11.8 Å². The molecule has 4 rings (SSSR count). The predicted octanol–water partition coefficient (Wildman–Crippen LogP) is -0.321. The number of nitrogens with two attached hydrogens (primary N) is 2. The second-order valence-electron chi connectivity index (χ2n) is 6.95. The zero-order valence-electron chi connectivity index (χ0n) is 16.3. The van der Waals surface area contributed by atoms with Crippen molar-refractivity contribution in [2.24, 2.45) is 5.14 Å². The van der Waals surface area contributed by atoms with Gasteiger partial charge in [0.05, 0.1) is 12.0 Å². The number of nitrogen functional groups attached to an aromatic ring is 1.